The van der Waals surface area contributed by atoms with E-state index in [4.69, 9.17) is 16.3 Å². The summed E-state index contributed by atoms with van der Waals surface area (Å²) in [6.45, 7) is 4.34. The molecular weight excluding hydrogens is 486 g/mol. The van der Waals surface area contributed by atoms with Crippen molar-refractivity contribution in [2.75, 3.05) is 0 Å². The van der Waals surface area contributed by atoms with E-state index in [9.17, 15) is 4.79 Å². The van der Waals surface area contributed by atoms with Crippen LogP contribution in [0.15, 0.2) is 84.2 Å². The molecule has 5 aromatic rings. The van der Waals surface area contributed by atoms with Crippen LogP contribution in [0.25, 0.3) is 39.2 Å². The maximum Gasteiger partial charge on any atom is 0.226 e. The minimum absolute atomic E-state index is 0.0606. The van der Waals surface area contributed by atoms with Crippen molar-refractivity contribution in [3.05, 3.63) is 94.9 Å². The molecule has 6 rings (SSSR count). The Balaban J connectivity index is 1.56. The molecule has 4 heterocycles. The molecule has 0 aliphatic carbocycles. The third-order valence-corrected chi connectivity index (χ3v) is 7.24. The fraction of sp³-hybridized carbons (Fsp3) is 0.241. The molecule has 1 aliphatic heterocycles. The SMILES string of the molecule is CC[C@H]1O[C@@H](n2cnc3c(-n4cc(-c5ccccc5)c(=O)c(-c5ccccc5)c4)nc(Cl)nc32)CC1C. The molecule has 7 nitrogen and oxygen atoms in total. The molecule has 186 valence electrons. The summed E-state index contributed by atoms with van der Waals surface area (Å²) < 4.78 is 10.1. The molecule has 3 aromatic heterocycles. The topological polar surface area (TPSA) is 74.8 Å². The molecule has 0 bridgehead atoms. The van der Waals surface area contributed by atoms with Gasteiger partial charge in [-0.15, -0.1) is 0 Å². The van der Waals surface area contributed by atoms with Crippen LogP contribution in [-0.4, -0.2) is 30.2 Å². The summed E-state index contributed by atoms with van der Waals surface area (Å²) in [6, 6.07) is 19.2. The second kappa shape index (κ2) is 9.57. The monoisotopic (exact) mass is 511 g/mol. The number of ether oxygens (including phenoxy) is 1. The Labute approximate surface area is 219 Å². The van der Waals surface area contributed by atoms with E-state index in [-0.39, 0.29) is 23.0 Å². The molecule has 0 N–H and O–H groups in total. The highest BCUT2D eigenvalue weighted by Crippen LogP contribution is 2.36. The Kier molecular flexibility index (Phi) is 6.10. The lowest BCUT2D eigenvalue weighted by Gasteiger charge is -2.15. The quantitative estimate of drug-likeness (QED) is 0.259. The third-order valence-electron chi connectivity index (χ3n) is 7.07. The number of benzene rings is 2. The number of fused-ring (bicyclic) bond motifs is 1. The Morgan fingerprint density at radius 1 is 0.973 bits per heavy atom. The van der Waals surface area contributed by atoms with Crippen LogP contribution in [0, 0.1) is 5.92 Å². The van der Waals surface area contributed by atoms with Gasteiger partial charge in [0.15, 0.2) is 22.4 Å². The van der Waals surface area contributed by atoms with Gasteiger partial charge in [0.1, 0.15) is 6.23 Å². The van der Waals surface area contributed by atoms with Gasteiger partial charge >= 0.3 is 0 Å². The summed E-state index contributed by atoms with van der Waals surface area (Å²) in [7, 11) is 0. The zero-order valence-corrected chi connectivity index (χ0v) is 21.3. The van der Waals surface area contributed by atoms with E-state index in [1.165, 1.54) is 0 Å². The lowest BCUT2D eigenvalue weighted by Crippen LogP contribution is -2.14. The van der Waals surface area contributed by atoms with Crippen LogP contribution in [0.1, 0.15) is 32.9 Å². The van der Waals surface area contributed by atoms with Crippen molar-refractivity contribution >= 4 is 22.8 Å². The van der Waals surface area contributed by atoms with Gasteiger partial charge < -0.3 is 9.30 Å². The molecule has 0 amide bonds. The number of halogens is 1. The van der Waals surface area contributed by atoms with Crippen LogP contribution in [0.5, 0.6) is 0 Å². The van der Waals surface area contributed by atoms with Crippen molar-refractivity contribution in [2.24, 2.45) is 5.92 Å². The van der Waals surface area contributed by atoms with E-state index in [0.717, 1.165) is 24.0 Å². The molecular formula is C29H26ClN5O2. The maximum absolute atomic E-state index is 13.6. The van der Waals surface area contributed by atoms with E-state index >= 15 is 0 Å². The Hall–Kier alpha value is -3.81. The van der Waals surface area contributed by atoms with Crippen molar-refractivity contribution in [1.82, 2.24) is 24.1 Å². The largest absolute Gasteiger partial charge is 0.354 e. The lowest BCUT2D eigenvalue weighted by molar-refractivity contribution is -0.00304. The maximum atomic E-state index is 13.6. The normalized spacial score (nSPS) is 19.5. The van der Waals surface area contributed by atoms with Crippen molar-refractivity contribution in [2.45, 2.75) is 39.0 Å². The number of hydrogen-bond donors (Lipinski definition) is 0. The summed E-state index contributed by atoms with van der Waals surface area (Å²) in [5.41, 5.74) is 3.88. The zero-order valence-electron chi connectivity index (χ0n) is 20.6. The number of aromatic nitrogens is 5. The summed E-state index contributed by atoms with van der Waals surface area (Å²) in [5.74, 6) is 0.936. The van der Waals surface area contributed by atoms with Crippen molar-refractivity contribution < 1.29 is 4.74 Å². The Morgan fingerprint density at radius 2 is 1.59 bits per heavy atom. The first-order chi connectivity index (χ1) is 18.0. The lowest BCUT2D eigenvalue weighted by atomic mass is 10.0. The van der Waals surface area contributed by atoms with Crippen LogP contribution < -0.4 is 5.43 Å². The van der Waals surface area contributed by atoms with Crippen LogP contribution in [0.3, 0.4) is 0 Å². The summed E-state index contributed by atoms with van der Waals surface area (Å²) >= 11 is 6.46. The van der Waals surface area contributed by atoms with Crippen LogP contribution >= 0.6 is 11.6 Å². The summed E-state index contributed by atoms with van der Waals surface area (Å²) in [4.78, 5) is 27.4. The van der Waals surface area contributed by atoms with Crippen LogP contribution in [0.2, 0.25) is 5.28 Å². The molecule has 1 fully saturated rings. The smallest absolute Gasteiger partial charge is 0.226 e. The number of nitrogens with zero attached hydrogens (tertiary/aromatic N) is 5. The second-order valence-electron chi connectivity index (χ2n) is 9.44. The first-order valence-corrected chi connectivity index (χ1v) is 12.8. The van der Waals surface area contributed by atoms with Gasteiger partial charge in [0.25, 0.3) is 0 Å². The number of imidazole rings is 1. The van der Waals surface area contributed by atoms with Crippen LogP contribution in [0.4, 0.5) is 0 Å². The highest BCUT2D eigenvalue weighted by molar-refractivity contribution is 6.28. The van der Waals surface area contributed by atoms with E-state index in [2.05, 4.69) is 28.8 Å². The average molecular weight is 512 g/mol. The molecule has 0 spiro atoms. The fourth-order valence-electron chi connectivity index (χ4n) is 5.15. The van der Waals surface area contributed by atoms with E-state index in [1.807, 2.05) is 69.8 Å². The minimum Gasteiger partial charge on any atom is -0.354 e. The molecule has 8 heteroatoms. The van der Waals surface area contributed by atoms with Gasteiger partial charge in [-0.25, -0.2) is 4.98 Å². The van der Waals surface area contributed by atoms with Gasteiger partial charge in [0.2, 0.25) is 5.28 Å². The number of rotatable bonds is 5. The van der Waals surface area contributed by atoms with Gasteiger partial charge in [0.05, 0.1) is 12.4 Å². The molecule has 2 aromatic carbocycles. The molecule has 1 unspecified atom stereocenters. The van der Waals surface area contributed by atoms with Crippen LogP contribution in [-0.2, 0) is 4.74 Å². The molecule has 1 aliphatic rings. The third kappa shape index (κ3) is 4.24. The highest BCUT2D eigenvalue weighted by Gasteiger charge is 2.33. The van der Waals surface area contributed by atoms with Crippen molar-refractivity contribution in [1.29, 1.82) is 0 Å². The van der Waals surface area contributed by atoms with E-state index in [0.29, 0.717) is 34.0 Å². The standard InChI is InChI=1S/C29H26ClN5O2/c1-3-23-18(2)14-24(37-23)35-17-31-25-27(32-29(30)33-28(25)35)34-15-21(19-10-6-4-7-11-19)26(36)22(16-34)20-12-8-5-9-13-20/h4-13,15-18,23-24H,3,14H2,1-2H3/t18?,23-,24-/m1/s1. The molecule has 0 radical (unpaired) electrons. The molecule has 1 saturated heterocycles. The number of pyridine rings is 1. The predicted molar refractivity (Wildman–Crippen MR) is 145 cm³/mol. The first-order valence-electron chi connectivity index (χ1n) is 12.5. The van der Waals surface area contributed by atoms with Gasteiger partial charge in [-0.2, -0.15) is 9.97 Å². The molecule has 37 heavy (non-hydrogen) atoms. The van der Waals surface area contributed by atoms with E-state index < -0.39 is 0 Å². The predicted octanol–water partition coefficient (Wildman–Crippen LogP) is 6.30. The van der Waals surface area contributed by atoms with E-state index in [1.54, 1.807) is 18.7 Å². The van der Waals surface area contributed by atoms with Crippen molar-refractivity contribution in [3.8, 4) is 28.1 Å². The highest BCUT2D eigenvalue weighted by atomic mass is 35.5. The molecule has 0 saturated carbocycles. The van der Waals surface area contributed by atoms with Gasteiger partial charge in [0, 0.05) is 23.5 Å². The van der Waals surface area contributed by atoms with Gasteiger partial charge in [-0.05, 0) is 41.5 Å². The fourth-order valence-corrected chi connectivity index (χ4v) is 5.31. The Morgan fingerprint density at radius 3 is 2.16 bits per heavy atom. The number of hydrogen-bond acceptors (Lipinski definition) is 5. The summed E-state index contributed by atoms with van der Waals surface area (Å²) in [6.07, 6.45) is 7.18. The second-order valence-corrected chi connectivity index (χ2v) is 9.78. The van der Waals surface area contributed by atoms with Gasteiger partial charge in [-0.3, -0.25) is 9.36 Å². The minimum atomic E-state index is -0.169. The summed E-state index contributed by atoms with van der Waals surface area (Å²) in [5, 5.41) is 0.101. The van der Waals surface area contributed by atoms with Gasteiger partial charge in [-0.1, -0.05) is 74.5 Å². The zero-order chi connectivity index (χ0) is 25.5. The first kappa shape index (κ1) is 23.6. The Bertz CT molecular complexity index is 1570. The molecule has 3 atom stereocenters. The average Bonchev–Trinajstić information content (AvgIpc) is 3.52. The van der Waals surface area contributed by atoms with Crippen molar-refractivity contribution in [3.63, 3.8) is 0 Å².